The fraction of sp³-hybridized carbons (Fsp3) is 0.522. The monoisotopic (exact) mass is 442 g/mol. The molecule has 32 heavy (non-hydrogen) atoms. The van der Waals surface area contributed by atoms with Crippen molar-refractivity contribution in [1.82, 2.24) is 19.8 Å². The van der Waals surface area contributed by atoms with Crippen LogP contribution in [-0.4, -0.2) is 58.0 Å². The van der Waals surface area contributed by atoms with Crippen molar-refractivity contribution in [3.8, 4) is 0 Å². The Hall–Kier alpha value is -3.23. The predicted octanol–water partition coefficient (Wildman–Crippen LogP) is 1.58. The summed E-state index contributed by atoms with van der Waals surface area (Å²) in [5, 5.41) is 3.33. The van der Waals surface area contributed by atoms with E-state index in [4.69, 9.17) is 4.74 Å². The van der Waals surface area contributed by atoms with Crippen LogP contribution in [0.25, 0.3) is 10.9 Å². The van der Waals surface area contributed by atoms with Gasteiger partial charge in [0.05, 0.1) is 23.9 Å². The molecule has 0 spiro atoms. The molecule has 0 aliphatic heterocycles. The number of hydrogen-bond donors (Lipinski definition) is 1. The van der Waals surface area contributed by atoms with E-state index in [1.54, 1.807) is 22.8 Å². The van der Waals surface area contributed by atoms with Crippen LogP contribution in [0.3, 0.4) is 0 Å². The van der Waals surface area contributed by atoms with Crippen molar-refractivity contribution in [2.24, 2.45) is 0 Å². The van der Waals surface area contributed by atoms with Gasteiger partial charge in [0, 0.05) is 25.0 Å². The third-order valence-electron chi connectivity index (χ3n) is 5.02. The number of fused-ring (bicyclic) bond motifs is 1. The fourth-order valence-corrected chi connectivity index (χ4v) is 3.38. The third-order valence-corrected chi connectivity index (χ3v) is 5.02. The molecule has 0 saturated heterocycles. The highest BCUT2D eigenvalue weighted by Crippen LogP contribution is 2.34. The van der Waals surface area contributed by atoms with Crippen molar-refractivity contribution in [3.05, 3.63) is 40.4 Å². The molecular formula is C23H30N4O5. The molecule has 1 aromatic heterocycles. The molecule has 1 aliphatic carbocycles. The second-order valence-electron chi connectivity index (χ2n) is 9.16. The maximum Gasteiger partial charge on any atom is 0.306 e. The van der Waals surface area contributed by atoms with E-state index in [2.05, 4.69) is 10.3 Å². The fourth-order valence-electron chi connectivity index (χ4n) is 3.38. The Balaban J connectivity index is 1.55. The standard InChI is InChI=1S/C23H30N4O5/c1-23(2,3)25-19(28)13-26(4)20(29)14-32-21(30)12-11-18-24-17-8-6-5-7-16(17)22(31)27(18)15-9-10-15/h5-8,15H,9-14H2,1-4H3,(H,25,28). The second kappa shape index (κ2) is 9.50. The van der Waals surface area contributed by atoms with Gasteiger partial charge in [-0.2, -0.15) is 0 Å². The lowest BCUT2D eigenvalue weighted by molar-refractivity contribution is -0.152. The number of likely N-dealkylation sites (N-methyl/N-ethyl adjacent to an activating group) is 1. The lowest BCUT2D eigenvalue weighted by Gasteiger charge is -2.23. The first-order valence-electron chi connectivity index (χ1n) is 10.8. The van der Waals surface area contributed by atoms with Gasteiger partial charge in [0.15, 0.2) is 6.61 Å². The topological polar surface area (TPSA) is 111 Å². The molecular weight excluding hydrogens is 412 g/mol. The Bertz CT molecular complexity index is 1080. The van der Waals surface area contributed by atoms with E-state index in [0.29, 0.717) is 16.7 Å². The average molecular weight is 443 g/mol. The van der Waals surface area contributed by atoms with Crippen LogP contribution in [0.5, 0.6) is 0 Å². The van der Waals surface area contributed by atoms with Gasteiger partial charge in [0.1, 0.15) is 5.82 Å². The zero-order chi connectivity index (χ0) is 23.5. The van der Waals surface area contributed by atoms with E-state index < -0.39 is 24.0 Å². The number of carbonyl (C=O) groups excluding carboxylic acids is 3. The minimum Gasteiger partial charge on any atom is -0.456 e. The molecule has 172 valence electrons. The van der Waals surface area contributed by atoms with Crippen LogP contribution >= 0.6 is 0 Å². The first kappa shape index (κ1) is 23.4. The summed E-state index contributed by atoms with van der Waals surface area (Å²) in [5.74, 6) is -0.771. The third kappa shape index (κ3) is 6.15. The molecule has 3 rings (SSSR count). The molecule has 2 aromatic rings. The highest BCUT2D eigenvalue weighted by atomic mass is 16.5. The number of aryl methyl sites for hydroxylation is 1. The first-order chi connectivity index (χ1) is 15.0. The molecule has 1 saturated carbocycles. The average Bonchev–Trinajstić information content (AvgIpc) is 3.54. The Kier molecular flexibility index (Phi) is 6.96. The van der Waals surface area contributed by atoms with Crippen molar-refractivity contribution < 1.29 is 19.1 Å². The largest absolute Gasteiger partial charge is 0.456 e. The normalized spacial score (nSPS) is 13.6. The summed E-state index contributed by atoms with van der Waals surface area (Å²) in [4.78, 5) is 55.0. The van der Waals surface area contributed by atoms with Crippen molar-refractivity contribution in [1.29, 1.82) is 0 Å². The van der Waals surface area contributed by atoms with Crippen LogP contribution in [0.15, 0.2) is 29.1 Å². The number of benzene rings is 1. The van der Waals surface area contributed by atoms with Gasteiger partial charge < -0.3 is 15.0 Å². The smallest absolute Gasteiger partial charge is 0.306 e. The zero-order valence-electron chi connectivity index (χ0n) is 19.0. The van der Waals surface area contributed by atoms with Crippen molar-refractivity contribution in [3.63, 3.8) is 0 Å². The number of esters is 1. The highest BCUT2D eigenvalue weighted by molar-refractivity contribution is 5.86. The van der Waals surface area contributed by atoms with Crippen molar-refractivity contribution in [2.45, 2.75) is 58.0 Å². The van der Waals surface area contributed by atoms with Crippen LogP contribution in [0, 0.1) is 0 Å². The van der Waals surface area contributed by atoms with Gasteiger partial charge in [0.2, 0.25) is 5.91 Å². The summed E-state index contributed by atoms with van der Waals surface area (Å²) in [7, 11) is 1.48. The van der Waals surface area contributed by atoms with Crippen molar-refractivity contribution >= 4 is 28.7 Å². The number of hydrogen-bond acceptors (Lipinski definition) is 6. The molecule has 2 amide bonds. The van der Waals surface area contributed by atoms with E-state index in [1.165, 1.54) is 11.9 Å². The molecule has 1 aliphatic rings. The zero-order valence-corrected chi connectivity index (χ0v) is 19.0. The van der Waals surface area contributed by atoms with Crippen LogP contribution in [0.1, 0.15) is 51.9 Å². The number of ether oxygens (including phenoxy) is 1. The van der Waals surface area contributed by atoms with E-state index >= 15 is 0 Å². The van der Waals surface area contributed by atoms with Gasteiger partial charge in [-0.25, -0.2) is 4.98 Å². The highest BCUT2D eigenvalue weighted by Gasteiger charge is 2.28. The second-order valence-corrected chi connectivity index (χ2v) is 9.16. The summed E-state index contributed by atoms with van der Waals surface area (Å²) in [6.45, 7) is 4.98. The van der Waals surface area contributed by atoms with Gasteiger partial charge in [-0.05, 0) is 45.7 Å². The number of nitrogens with zero attached hydrogens (tertiary/aromatic N) is 3. The van der Waals surface area contributed by atoms with Crippen LogP contribution in [0.2, 0.25) is 0 Å². The number of amides is 2. The SMILES string of the molecule is CN(CC(=O)NC(C)(C)C)C(=O)COC(=O)CCc1nc2ccccc2c(=O)n1C1CC1. The number of rotatable bonds is 8. The Morgan fingerprint density at radius 2 is 1.91 bits per heavy atom. The lowest BCUT2D eigenvalue weighted by Crippen LogP contribution is -2.46. The summed E-state index contributed by atoms with van der Waals surface area (Å²) in [6.07, 6.45) is 2.08. The number of carbonyl (C=O) groups is 3. The number of nitrogens with one attached hydrogen (secondary N) is 1. The lowest BCUT2D eigenvalue weighted by atomic mass is 10.1. The van der Waals surface area contributed by atoms with E-state index in [-0.39, 0.29) is 36.9 Å². The molecule has 0 radical (unpaired) electrons. The molecule has 1 heterocycles. The molecule has 1 aromatic carbocycles. The van der Waals surface area contributed by atoms with Gasteiger partial charge in [-0.3, -0.25) is 23.7 Å². The van der Waals surface area contributed by atoms with Gasteiger partial charge in [-0.15, -0.1) is 0 Å². The predicted molar refractivity (Wildman–Crippen MR) is 119 cm³/mol. The maximum absolute atomic E-state index is 12.9. The van der Waals surface area contributed by atoms with Gasteiger partial charge in [0.25, 0.3) is 11.5 Å². The molecule has 1 fully saturated rings. The number of para-hydroxylation sites is 1. The minimum atomic E-state index is -0.560. The van der Waals surface area contributed by atoms with E-state index in [1.807, 2.05) is 26.8 Å². The Morgan fingerprint density at radius 3 is 2.56 bits per heavy atom. The van der Waals surface area contributed by atoms with Crippen LogP contribution in [-0.2, 0) is 25.5 Å². The van der Waals surface area contributed by atoms with Gasteiger partial charge in [-0.1, -0.05) is 12.1 Å². The maximum atomic E-state index is 12.9. The van der Waals surface area contributed by atoms with Crippen molar-refractivity contribution in [2.75, 3.05) is 20.2 Å². The minimum absolute atomic E-state index is 0.000987. The molecule has 0 unspecified atom stereocenters. The summed E-state index contributed by atoms with van der Waals surface area (Å²) in [6, 6.07) is 7.28. The van der Waals surface area contributed by atoms with E-state index in [9.17, 15) is 19.2 Å². The molecule has 1 N–H and O–H groups in total. The van der Waals surface area contributed by atoms with Crippen LogP contribution < -0.4 is 10.9 Å². The Morgan fingerprint density at radius 1 is 1.22 bits per heavy atom. The van der Waals surface area contributed by atoms with Crippen LogP contribution in [0.4, 0.5) is 0 Å². The summed E-state index contributed by atoms with van der Waals surface area (Å²) >= 11 is 0. The molecule has 0 bridgehead atoms. The van der Waals surface area contributed by atoms with E-state index in [0.717, 1.165) is 12.8 Å². The Labute approximate surface area is 186 Å². The molecule has 9 nitrogen and oxygen atoms in total. The van der Waals surface area contributed by atoms with Gasteiger partial charge >= 0.3 is 5.97 Å². The molecule has 0 atom stereocenters. The number of aromatic nitrogens is 2. The summed E-state index contributed by atoms with van der Waals surface area (Å²) in [5.41, 5.74) is 0.112. The first-order valence-corrected chi connectivity index (χ1v) is 10.8. The quantitative estimate of drug-likeness (QED) is 0.622. The molecule has 9 heteroatoms. The summed E-state index contributed by atoms with van der Waals surface area (Å²) < 4.78 is 6.77.